The summed E-state index contributed by atoms with van der Waals surface area (Å²) >= 11 is 0. The number of carbonyl (C=O) groups excluding carboxylic acids is 1. The molecule has 2 aromatic rings. The molecule has 2 heterocycles. The van der Waals surface area contributed by atoms with Gasteiger partial charge in [0.1, 0.15) is 6.33 Å². The van der Waals surface area contributed by atoms with E-state index < -0.39 is 0 Å². The van der Waals surface area contributed by atoms with Crippen molar-refractivity contribution in [2.75, 3.05) is 6.54 Å². The Balaban J connectivity index is 1.74. The molecule has 0 atom stereocenters. The quantitative estimate of drug-likeness (QED) is 0.841. The Kier molecular flexibility index (Phi) is 4.32. The van der Waals surface area contributed by atoms with Crippen molar-refractivity contribution in [2.45, 2.75) is 40.0 Å². The van der Waals surface area contributed by atoms with E-state index >= 15 is 0 Å². The fraction of sp³-hybridized carbons (Fsp3) is 0.571. The van der Waals surface area contributed by atoms with E-state index in [1.165, 1.54) is 6.33 Å². The van der Waals surface area contributed by atoms with Crippen molar-refractivity contribution in [3.05, 3.63) is 24.3 Å². The predicted molar refractivity (Wildman–Crippen MR) is 76.2 cm³/mol. The Bertz CT molecular complexity index is 585. The second-order valence-electron chi connectivity index (χ2n) is 6.16. The standard InChI is InChI=1S/C14H21N5O/c1-14(2,3)7-12(20)15-6-4-5-11-8-16-13-17-10-18-19(13)9-11/h8-10H,4-7H2,1-3H3,(H,15,20). The molecule has 0 aromatic carbocycles. The molecular formula is C14H21N5O. The summed E-state index contributed by atoms with van der Waals surface area (Å²) in [6.07, 6.45) is 7.52. The molecule has 0 aliphatic carbocycles. The van der Waals surface area contributed by atoms with Gasteiger partial charge in [-0.1, -0.05) is 20.8 Å². The van der Waals surface area contributed by atoms with Crippen molar-refractivity contribution in [1.29, 1.82) is 0 Å². The summed E-state index contributed by atoms with van der Waals surface area (Å²) < 4.78 is 1.66. The van der Waals surface area contributed by atoms with Gasteiger partial charge in [0.25, 0.3) is 5.78 Å². The molecule has 108 valence electrons. The minimum atomic E-state index is 0.0339. The van der Waals surface area contributed by atoms with Gasteiger partial charge in [0.2, 0.25) is 5.91 Å². The van der Waals surface area contributed by atoms with E-state index in [4.69, 9.17) is 0 Å². The number of hydrogen-bond acceptors (Lipinski definition) is 4. The summed E-state index contributed by atoms with van der Waals surface area (Å²) in [6, 6.07) is 0. The number of rotatable bonds is 5. The number of fused-ring (bicyclic) bond motifs is 1. The van der Waals surface area contributed by atoms with E-state index in [1.807, 2.05) is 6.20 Å². The van der Waals surface area contributed by atoms with Gasteiger partial charge in [0.15, 0.2) is 0 Å². The van der Waals surface area contributed by atoms with Crippen LogP contribution in [0.5, 0.6) is 0 Å². The van der Waals surface area contributed by atoms with Crippen molar-refractivity contribution in [3.63, 3.8) is 0 Å². The third kappa shape index (κ3) is 4.29. The van der Waals surface area contributed by atoms with Gasteiger partial charge in [-0.05, 0) is 23.8 Å². The Hall–Kier alpha value is -1.98. The van der Waals surface area contributed by atoms with Gasteiger partial charge in [-0.15, -0.1) is 0 Å². The topological polar surface area (TPSA) is 72.2 Å². The number of aromatic nitrogens is 4. The van der Waals surface area contributed by atoms with Gasteiger partial charge in [0.05, 0.1) is 0 Å². The Morgan fingerprint density at radius 1 is 1.35 bits per heavy atom. The normalized spacial score (nSPS) is 11.8. The highest BCUT2D eigenvalue weighted by Crippen LogP contribution is 2.17. The van der Waals surface area contributed by atoms with Crippen LogP contribution in [0.1, 0.15) is 39.2 Å². The maximum Gasteiger partial charge on any atom is 0.252 e. The SMILES string of the molecule is CC(C)(C)CC(=O)NCCCc1cnc2ncnn2c1. The minimum Gasteiger partial charge on any atom is -0.356 e. The first-order valence-corrected chi connectivity index (χ1v) is 6.85. The van der Waals surface area contributed by atoms with Crippen molar-refractivity contribution in [2.24, 2.45) is 5.41 Å². The van der Waals surface area contributed by atoms with Crippen LogP contribution in [-0.2, 0) is 11.2 Å². The summed E-state index contributed by atoms with van der Waals surface area (Å²) in [5, 5.41) is 7.00. The van der Waals surface area contributed by atoms with E-state index in [2.05, 4.69) is 41.2 Å². The van der Waals surface area contributed by atoms with Crippen LogP contribution in [0.2, 0.25) is 0 Å². The molecule has 0 saturated carbocycles. The molecule has 2 aromatic heterocycles. The van der Waals surface area contributed by atoms with E-state index in [1.54, 1.807) is 10.7 Å². The van der Waals surface area contributed by atoms with Gasteiger partial charge < -0.3 is 5.32 Å². The van der Waals surface area contributed by atoms with Crippen LogP contribution in [0, 0.1) is 5.41 Å². The fourth-order valence-electron chi connectivity index (χ4n) is 1.95. The van der Waals surface area contributed by atoms with E-state index in [0.717, 1.165) is 18.4 Å². The largest absolute Gasteiger partial charge is 0.356 e. The maximum absolute atomic E-state index is 11.7. The lowest BCUT2D eigenvalue weighted by atomic mass is 9.92. The number of nitrogens with one attached hydrogen (secondary N) is 1. The highest BCUT2D eigenvalue weighted by Gasteiger charge is 2.15. The lowest BCUT2D eigenvalue weighted by molar-refractivity contribution is -0.122. The first kappa shape index (κ1) is 14.4. The molecule has 6 heteroatoms. The van der Waals surface area contributed by atoms with Gasteiger partial charge in [-0.3, -0.25) is 4.79 Å². The van der Waals surface area contributed by atoms with Crippen LogP contribution >= 0.6 is 0 Å². The van der Waals surface area contributed by atoms with Crippen LogP contribution in [-0.4, -0.2) is 32.0 Å². The van der Waals surface area contributed by atoms with Crippen molar-refractivity contribution >= 4 is 11.7 Å². The average Bonchev–Trinajstić information content (AvgIpc) is 2.79. The fourth-order valence-corrected chi connectivity index (χ4v) is 1.95. The second kappa shape index (κ2) is 5.98. The molecule has 0 unspecified atom stereocenters. The maximum atomic E-state index is 11.7. The summed E-state index contributed by atoms with van der Waals surface area (Å²) in [6.45, 7) is 6.87. The summed E-state index contributed by atoms with van der Waals surface area (Å²) in [5.41, 5.74) is 1.12. The lowest BCUT2D eigenvalue weighted by Crippen LogP contribution is -2.28. The Labute approximate surface area is 118 Å². The van der Waals surface area contributed by atoms with Crippen LogP contribution in [0.15, 0.2) is 18.7 Å². The van der Waals surface area contributed by atoms with Crippen molar-refractivity contribution < 1.29 is 4.79 Å². The molecule has 0 radical (unpaired) electrons. The minimum absolute atomic E-state index is 0.0339. The molecule has 1 amide bonds. The Morgan fingerprint density at radius 3 is 2.90 bits per heavy atom. The number of aryl methyl sites for hydroxylation is 1. The van der Waals surface area contributed by atoms with Crippen LogP contribution in [0.3, 0.4) is 0 Å². The van der Waals surface area contributed by atoms with Crippen molar-refractivity contribution in [3.8, 4) is 0 Å². The first-order chi connectivity index (χ1) is 9.44. The van der Waals surface area contributed by atoms with Gasteiger partial charge >= 0.3 is 0 Å². The molecule has 1 N–H and O–H groups in total. The lowest BCUT2D eigenvalue weighted by Gasteiger charge is -2.17. The number of amides is 1. The van der Waals surface area contributed by atoms with Gasteiger partial charge in [-0.25, -0.2) is 9.50 Å². The first-order valence-electron chi connectivity index (χ1n) is 6.85. The molecule has 0 bridgehead atoms. The molecule has 0 aliphatic rings. The molecule has 0 aliphatic heterocycles. The summed E-state index contributed by atoms with van der Waals surface area (Å²) in [5.74, 6) is 0.717. The monoisotopic (exact) mass is 275 g/mol. The van der Waals surface area contributed by atoms with Gasteiger partial charge in [0, 0.05) is 25.4 Å². The van der Waals surface area contributed by atoms with Crippen LogP contribution in [0.25, 0.3) is 5.78 Å². The van der Waals surface area contributed by atoms with Gasteiger partial charge in [-0.2, -0.15) is 10.1 Å². The molecule has 20 heavy (non-hydrogen) atoms. The molecule has 6 nitrogen and oxygen atoms in total. The summed E-state index contributed by atoms with van der Waals surface area (Å²) in [7, 11) is 0. The van der Waals surface area contributed by atoms with Crippen LogP contribution < -0.4 is 5.32 Å². The van der Waals surface area contributed by atoms with E-state index in [0.29, 0.717) is 18.7 Å². The molecular weight excluding hydrogens is 254 g/mol. The molecule has 0 spiro atoms. The average molecular weight is 275 g/mol. The molecule has 2 rings (SSSR count). The smallest absolute Gasteiger partial charge is 0.252 e. The highest BCUT2D eigenvalue weighted by atomic mass is 16.1. The number of nitrogens with zero attached hydrogens (tertiary/aromatic N) is 4. The zero-order valence-corrected chi connectivity index (χ0v) is 12.3. The Morgan fingerprint density at radius 2 is 2.15 bits per heavy atom. The zero-order chi connectivity index (χ0) is 14.6. The third-order valence-corrected chi connectivity index (χ3v) is 2.84. The zero-order valence-electron chi connectivity index (χ0n) is 12.3. The van der Waals surface area contributed by atoms with Crippen molar-refractivity contribution in [1.82, 2.24) is 24.9 Å². The number of carbonyl (C=O) groups is 1. The van der Waals surface area contributed by atoms with Crippen LogP contribution in [0.4, 0.5) is 0 Å². The number of hydrogen-bond donors (Lipinski definition) is 1. The highest BCUT2D eigenvalue weighted by molar-refractivity contribution is 5.76. The van der Waals surface area contributed by atoms with E-state index in [9.17, 15) is 4.79 Å². The second-order valence-corrected chi connectivity index (χ2v) is 6.16. The predicted octanol–water partition coefficient (Wildman–Crippen LogP) is 1.61. The molecule has 0 saturated heterocycles. The van der Waals surface area contributed by atoms with E-state index in [-0.39, 0.29) is 11.3 Å². The molecule has 0 fully saturated rings. The third-order valence-electron chi connectivity index (χ3n) is 2.84. The summed E-state index contributed by atoms with van der Waals surface area (Å²) in [4.78, 5) is 19.9.